The van der Waals surface area contributed by atoms with Crippen LogP contribution >= 0.6 is 0 Å². The van der Waals surface area contributed by atoms with Gasteiger partial charge in [-0.3, -0.25) is 4.79 Å². The molecule has 2 N–H and O–H groups in total. The molecular weight excluding hydrogens is 410 g/mol. The van der Waals surface area contributed by atoms with Crippen LogP contribution in [-0.2, 0) is 15.0 Å². The summed E-state index contributed by atoms with van der Waals surface area (Å²) in [4.78, 5) is 24.2. The number of methoxy groups -OCH3 is 1. The summed E-state index contributed by atoms with van der Waals surface area (Å²) in [6.45, 7) is 2.23. The van der Waals surface area contributed by atoms with Crippen LogP contribution < -0.4 is 19.5 Å². The lowest BCUT2D eigenvalue weighted by Crippen LogP contribution is -3.12. The summed E-state index contributed by atoms with van der Waals surface area (Å²) < 4.78 is 11.6. The molecule has 2 fully saturated rings. The summed E-state index contributed by atoms with van der Waals surface area (Å²) in [5.41, 5.74) is 1.43. The molecule has 1 saturated heterocycles. The summed E-state index contributed by atoms with van der Waals surface area (Å²) in [6, 6.07) is 14.2. The first kappa shape index (κ1) is 22.3. The number of carboxylic acid groups (broad SMARTS) is 1. The van der Waals surface area contributed by atoms with E-state index in [0.29, 0.717) is 17.9 Å². The van der Waals surface area contributed by atoms with E-state index < -0.39 is 12.1 Å². The number of carbonyl (C=O) groups is 2. The Hall–Kier alpha value is -2.90. The van der Waals surface area contributed by atoms with Gasteiger partial charge in [-0.15, -0.1) is 0 Å². The Morgan fingerprint density at radius 3 is 2.69 bits per heavy atom. The first-order chi connectivity index (χ1) is 15.4. The highest BCUT2D eigenvalue weighted by atomic mass is 16.5. The number of hydrogen-bond acceptors (Lipinski definition) is 6. The third-order valence-corrected chi connectivity index (χ3v) is 7.06. The van der Waals surface area contributed by atoms with Gasteiger partial charge >= 0.3 is 0 Å². The van der Waals surface area contributed by atoms with E-state index in [1.54, 1.807) is 30.2 Å². The van der Waals surface area contributed by atoms with Crippen molar-refractivity contribution in [1.29, 1.82) is 0 Å². The van der Waals surface area contributed by atoms with E-state index in [9.17, 15) is 14.7 Å². The monoisotopic (exact) mass is 439 g/mol. The minimum atomic E-state index is -1.52. The average Bonchev–Trinajstić information content (AvgIpc) is 3.16. The third kappa shape index (κ3) is 3.76. The molecule has 0 amide bonds. The molecule has 7 heteroatoms. The topological polar surface area (TPSA) is 100 Å². The summed E-state index contributed by atoms with van der Waals surface area (Å²) in [7, 11) is 3.91. The molecule has 170 valence electrons. The second kappa shape index (κ2) is 8.92. The zero-order valence-corrected chi connectivity index (χ0v) is 18.4. The van der Waals surface area contributed by atoms with Crippen LogP contribution in [-0.4, -0.2) is 50.2 Å². The van der Waals surface area contributed by atoms with Gasteiger partial charge in [0.05, 0.1) is 38.6 Å². The molecule has 1 aliphatic carbocycles. The number of piperidine rings is 1. The Kier molecular flexibility index (Phi) is 6.22. The van der Waals surface area contributed by atoms with Gasteiger partial charge in [-0.05, 0) is 18.1 Å². The number of ether oxygens (including phenoxy) is 2. The smallest absolute Gasteiger partial charge is 0.174 e. The van der Waals surface area contributed by atoms with Crippen LogP contribution in [0.1, 0.15) is 36.5 Å². The number of carbonyl (C=O) groups excluding carboxylic acids is 2. The molecule has 7 nitrogen and oxygen atoms in total. The van der Waals surface area contributed by atoms with Crippen molar-refractivity contribution >= 4 is 11.8 Å². The first-order valence-electron chi connectivity index (χ1n) is 11.0. The van der Waals surface area contributed by atoms with Crippen molar-refractivity contribution in [3.63, 3.8) is 0 Å². The maximum absolute atomic E-state index is 12.5. The molecule has 2 aromatic rings. The number of quaternary nitrogens is 1. The van der Waals surface area contributed by atoms with Gasteiger partial charge in [0.1, 0.15) is 6.10 Å². The zero-order chi connectivity index (χ0) is 22.9. The normalized spacial score (nSPS) is 28.7. The number of para-hydroxylation sites is 1. The molecule has 1 unspecified atom stereocenters. The van der Waals surface area contributed by atoms with Crippen molar-refractivity contribution in [3.05, 3.63) is 59.7 Å². The number of hydrogen-bond donors (Lipinski definition) is 2. The van der Waals surface area contributed by atoms with E-state index >= 15 is 0 Å². The predicted octanol–water partition coefficient (Wildman–Crippen LogP) is 0.0614. The van der Waals surface area contributed by atoms with Gasteiger partial charge in [-0.25, -0.2) is 0 Å². The third-order valence-electron chi connectivity index (χ3n) is 7.06. The molecule has 0 radical (unpaired) electrons. The number of Topliss-reactive ketones (excluding diaryl/α,β-unsaturated/α-hetero) is 1. The Labute approximate surface area is 187 Å². The van der Waals surface area contributed by atoms with Crippen molar-refractivity contribution in [3.8, 4) is 11.5 Å². The lowest BCUT2D eigenvalue weighted by molar-refractivity contribution is -0.891. The van der Waals surface area contributed by atoms with Gasteiger partial charge in [0.25, 0.3) is 0 Å². The van der Waals surface area contributed by atoms with Gasteiger partial charge in [-0.2, -0.15) is 0 Å². The highest BCUT2D eigenvalue weighted by Crippen LogP contribution is 2.56. The van der Waals surface area contributed by atoms with Crippen molar-refractivity contribution in [2.24, 2.45) is 5.92 Å². The van der Waals surface area contributed by atoms with Crippen molar-refractivity contribution in [2.75, 3.05) is 27.2 Å². The summed E-state index contributed by atoms with van der Waals surface area (Å²) in [5.74, 6) is 0.890. The van der Waals surface area contributed by atoms with Crippen LogP contribution in [0.5, 0.6) is 11.5 Å². The SMILES string of the molecule is COc1cccc2c1O[C@@H]1C(=O)CC[C@@H]3C[NH+](C)CC[C@]231.O=C([O-])[C@H](O)c1ccccc1. The molecule has 0 bridgehead atoms. The minimum absolute atomic E-state index is 0.112. The van der Waals surface area contributed by atoms with Crippen LogP contribution in [0.25, 0.3) is 0 Å². The summed E-state index contributed by atoms with van der Waals surface area (Å²) >= 11 is 0. The molecule has 3 aliphatic rings. The van der Waals surface area contributed by atoms with E-state index in [2.05, 4.69) is 13.1 Å². The highest BCUT2D eigenvalue weighted by Gasteiger charge is 2.61. The Balaban J connectivity index is 0.000000189. The van der Waals surface area contributed by atoms with Gasteiger partial charge in [0.15, 0.2) is 23.4 Å². The number of fused-ring (bicyclic) bond motifs is 1. The van der Waals surface area contributed by atoms with Crippen molar-refractivity contribution in [1.82, 2.24) is 0 Å². The second-order valence-corrected chi connectivity index (χ2v) is 8.87. The predicted molar refractivity (Wildman–Crippen MR) is 114 cm³/mol. The number of nitrogens with one attached hydrogen (secondary N) is 1. The quantitative estimate of drug-likeness (QED) is 0.702. The molecule has 2 heterocycles. The Morgan fingerprint density at radius 2 is 2.00 bits per heavy atom. The number of likely N-dealkylation sites (tertiary alicyclic amines) is 1. The highest BCUT2D eigenvalue weighted by molar-refractivity contribution is 5.88. The lowest BCUT2D eigenvalue weighted by atomic mass is 9.58. The van der Waals surface area contributed by atoms with Crippen molar-refractivity contribution < 1.29 is 34.2 Å². The average molecular weight is 440 g/mol. The minimum Gasteiger partial charge on any atom is -0.547 e. The maximum atomic E-state index is 12.5. The largest absolute Gasteiger partial charge is 0.547 e. The van der Waals surface area contributed by atoms with E-state index in [-0.39, 0.29) is 17.3 Å². The molecule has 5 atom stereocenters. The zero-order valence-electron chi connectivity index (χ0n) is 18.4. The maximum Gasteiger partial charge on any atom is 0.174 e. The van der Waals surface area contributed by atoms with Gasteiger partial charge in [0.2, 0.25) is 0 Å². The molecule has 1 saturated carbocycles. The second-order valence-electron chi connectivity index (χ2n) is 8.87. The van der Waals surface area contributed by atoms with Crippen LogP contribution in [0.2, 0.25) is 0 Å². The van der Waals surface area contributed by atoms with Crippen LogP contribution in [0.15, 0.2) is 48.5 Å². The van der Waals surface area contributed by atoms with E-state index in [1.807, 2.05) is 12.1 Å². The molecular formula is C25H29NO6. The fourth-order valence-electron chi connectivity index (χ4n) is 5.49. The number of aliphatic hydroxyl groups excluding tert-OH is 1. The number of benzene rings is 2. The number of carboxylic acids is 1. The summed E-state index contributed by atoms with van der Waals surface area (Å²) in [6.07, 6.45) is 0.861. The first-order valence-corrected chi connectivity index (χ1v) is 11.0. The lowest BCUT2D eigenvalue weighted by Gasteiger charge is -2.47. The Morgan fingerprint density at radius 1 is 1.25 bits per heavy atom. The number of aliphatic hydroxyl groups is 1. The van der Waals surface area contributed by atoms with Gasteiger partial charge < -0.3 is 29.4 Å². The number of rotatable bonds is 3. The number of ketones is 1. The molecule has 2 aromatic carbocycles. The molecule has 5 rings (SSSR count). The fraction of sp³-hybridized carbons (Fsp3) is 0.440. The Bertz CT molecular complexity index is 993. The van der Waals surface area contributed by atoms with Crippen molar-refractivity contribution in [2.45, 2.75) is 36.9 Å². The van der Waals surface area contributed by atoms with Crippen LogP contribution in [0.3, 0.4) is 0 Å². The van der Waals surface area contributed by atoms with E-state index in [4.69, 9.17) is 14.6 Å². The van der Waals surface area contributed by atoms with E-state index in [1.165, 1.54) is 17.7 Å². The van der Waals surface area contributed by atoms with Crippen LogP contribution in [0.4, 0.5) is 0 Å². The fourth-order valence-corrected chi connectivity index (χ4v) is 5.49. The molecule has 32 heavy (non-hydrogen) atoms. The van der Waals surface area contributed by atoms with Gasteiger partial charge in [0, 0.05) is 24.3 Å². The standard InChI is InChI=1S/C17H21NO3.C8H8O3/c1-18-9-8-17-11(10-18)6-7-13(19)16(17)21-15-12(17)4-3-5-14(15)20-2;9-7(8(10)11)6-4-2-1-3-5-6/h3-5,11,16H,6-10H2,1-2H3;1-5,7,9H,(H,10,11)/t11-,16-,17-;7-/m11/s1. The summed E-state index contributed by atoms with van der Waals surface area (Å²) in [5, 5.41) is 19.1. The van der Waals surface area contributed by atoms with Crippen LogP contribution in [0, 0.1) is 5.92 Å². The number of aliphatic carboxylic acids is 1. The van der Waals surface area contributed by atoms with Gasteiger partial charge in [-0.1, -0.05) is 42.5 Å². The molecule has 0 aromatic heterocycles. The molecule has 2 aliphatic heterocycles. The van der Waals surface area contributed by atoms with E-state index in [0.717, 1.165) is 37.4 Å². The molecule has 1 spiro atoms.